The number of aryl methyl sites for hydroxylation is 2. The van der Waals surface area contributed by atoms with Gasteiger partial charge >= 0.3 is 0 Å². The van der Waals surface area contributed by atoms with E-state index in [1.54, 1.807) is 6.20 Å². The van der Waals surface area contributed by atoms with Gasteiger partial charge in [0.2, 0.25) is 0 Å². The first kappa shape index (κ1) is 15.8. The van der Waals surface area contributed by atoms with Crippen molar-refractivity contribution in [2.24, 2.45) is 0 Å². The Hall–Kier alpha value is -2.73. The van der Waals surface area contributed by atoms with E-state index in [4.69, 9.17) is 0 Å². The minimum absolute atomic E-state index is 0.208. The van der Waals surface area contributed by atoms with E-state index in [0.29, 0.717) is 17.1 Å². The fourth-order valence-corrected chi connectivity index (χ4v) is 3.59. The van der Waals surface area contributed by atoms with Gasteiger partial charge in [-0.05, 0) is 53.5 Å². The third-order valence-corrected chi connectivity index (χ3v) is 4.57. The van der Waals surface area contributed by atoms with Crippen LogP contribution in [0.2, 0.25) is 0 Å². The van der Waals surface area contributed by atoms with E-state index < -0.39 is 0 Å². The fourth-order valence-electron chi connectivity index (χ4n) is 3.04. The molecule has 3 heterocycles. The first-order valence-corrected chi connectivity index (χ1v) is 8.64. The Balaban J connectivity index is 1.82. The molecular weight excluding hydrogens is 380 g/mol. The van der Waals surface area contributed by atoms with Crippen LogP contribution in [0.5, 0.6) is 0 Å². The monoisotopic (exact) mass is 394 g/mol. The Bertz CT molecular complexity index is 1130. The predicted molar refractivity (Wildman–Crippen MR) is 102 cm³/mol. The topological polar surface area (TPSA) is 59.3 Å². The second kappa shape index (κ2) is 5.97. The zero-order chi connectivity index (χ0) is 17.6. The van der Waals surface area contributed by atoms with Crippen LogP contribution in [0, 0.1) is 13.8 Å². The SMILES string of the molecule is Cc1nc2c(C)cc(Br)cn2c1C(=O)Nc1cccc2cccnc12. The molecule has 0 saturated heterocycles. The predicted octanol–water partition coefficient (Wildman–Crippen LogP) is 4.51. The number of hydrogen-bond donors (Lipinski definition) is 1. The molecule has 0 aliphatic carbocycles. The molecule has 1 amide bonds. The number of anilines is 1. The maximum atomic E-state index is 13.0. The van der Waals surface area contributed by atoms with Crippen LogP contribution in [0.3, 0.4) is 0 Å². The van der Waals surface area contributed by atoms with Gasteiger partial charge in [-0.3, -0.25) is 14.2 Å². The van der Waals surface area contributed by atoms with E-state index in [9.17, 15) is 4.79 Å². The summed E-state index contributed by atoms with van der Waals surface area (Å²) in [7, 11) is 0. The molecule has 5 nitrogen and oxygen atoms in total. The van der Waals surface area contributed by atoms with Crippen molar-refractivity contribution in [1.82, 2.24) is 14.4 Å². The quantitative estimate of drug-likeness (QED) is 0.543. The summed E-state index contributed by atoms with van der Waals surface area (Å²) >= 11 is 3.48. The van der Waals surface area contributed by atoms with Gasteiger partial charge in [0.05, 0.1) is 16.9 Å². The van der Waals surface area contributed by atoms with Gasteiger partial charge in [-0.25, -0.2) is 4.98 Å². The van der Waals surface area contributed by atoms with Crippen LogP contribution in [0.15, 0.2) is 53.3 Å². The molecule has 0 unspecified atom stereocenters. The molecule has 0 aliphatic rings. The zero-order valence-corrected chi connectivity index (χ0v) is 15.3. The number of nitrogens with one attached hydrogen (secondary N) is 1. The molecule has 6 heteroatoms. The van der Waals surface area contributed by atoms with Gasteiger partial charge in [0, 0.05) is 22.3 Å². The van der Waals surface area contributed by atoms with Crippen molar-refractivity contribution in [3.05, 3.63) is 70.2 Å². The van der Waals surface area contributed by atoms with E-state index in [1.165, 1.54) is 0 Å². The molecule has 124 valence electrons. The highest BCUT2D eigenvalue weighted by atomic mass is 79.9. The summed E-state index contributed by atoms with van der Waals surface area (Å²) < 4.78 is 2.72. The average molecular weight is 395 g/mol. The smallest absolute Gasteiger partial charge is 0.274 e. The standard InChI is InChI=1S/C19H15BrN4O/c1-11-9-14(20)10-24-17(12(2)22-18(11)24)19(25)23-15-7-3-5-13-6-4-8-21-16(13)15/h3-10H,1-2H3,(H,23,25). The number of hydrogen-bond acceptors (Lipinski definition) is 3. The number of halogens is 1. The molecule has 1 N–H and O–H groups in total. The van der Waals surface area contributed by atoms with Crippen LogP contribution in [-0.4, -0.2) is 20.3 Å². The van der Waals surface area contributed by atoms with Crippen molar-refractivity contribution in [2.75, 3.05) is 5.32 Å². The zero-order valence-electron chi connectivity index (χ0n) is 13.7. The Labute approximate surface area is 152 Å². The van der Waals surface area contributed by atoms with Crippen molar-refractivity contribution in [1.29, 1.82) is 0 Å². The molecule has 4 rings (SSSR count). The number of benzene rings is 1. The van der Waals surface area contributed by atoms with Crippen molar-refractivity contribution >= 4 is 44.1 Å². The number of rotatable bonds is 2. The molecule has 0 fully saturated rings. The molecule has 3 aromatic heterocycles. The highest BCUT2D eigenvalue weighted by Gasteiger charge is 2.19. The average Bonchev–Trinajstić information content (AvgIpc) is 2.91. The number of carbonyl (C=O) groups is 1. The molecule has 0 saturated carbocycles. The van der Waals surface area contributed by atoms with Crippen molar-refractivity contribution in [3.63, 3.8) is 0 Å². The van der Waals surface area contributed by atoms with Gasteiger partial charge < -0.3 is 5.32 Å². The molecule has 4 aromatic rings. The summed E-state index contributed by atoms with van der Waals surface area (Å²) in [6.45, 7) is 3.82. The van der Waals surface area contributed by atoms with Crippen LogP contribution >= 0.6 is 15.9 Å². The number of para-hydroxylation sites is 1. The van der Waals surface area contributed by atoms with E-state index in [1.807, 2.05) is 60.8 Å². The van der Waals surface area contributed by atoms with Gasteiger partial charge in [-0.15, -0.1) is 0 Å². The van der Waals surface area contributed by atoms with Gasteiger partial charge in [0.15, 0.2) is 0 Å². The number of fused-ring (bicyclic) bond motifs is 2. The number of carbonyl (C=O) groups excluding carboxylic acids is 1. The van der Waals surface area contributed by atoms with Crippen molar-refractivity contribution in [3.8, 4) is 0 Å². The lowest BCUT2D eigenvalue weighted by Gasteiger charge is -2.09. The fraction of sp³-hybridized carbons (Fsp3) is 0.105. The first-order chi connectivity index (χ1) is 12.0. The maximum Gasteiger partial charge on any atom is 0.274 e. The molecule has 0 aliphatic heterocycles. The van der Waals surface area contributed by atoms with Crippen LogP contribution in [-0.2, 0) is 0 Å². The Morgan fingerprint density at radius 3 is 2.84 bits per heavy atom. The Kier molecular flexibility index (Phi) is 3.77. The third kappa shape index (κ3) is 2.68. The molecular formula is C19H15BrN4O. The second-order valence-corrected chi connectivity index (χ2v) is 6.83. The number of imidazole rings is 1. The van der Waals surface area contributed by atoms with Gasteiger partial charge in [0.25, 0.3) is 5.91 Å². The highest BCUT2D eigenvalue weighted by Crippen LogP contribution is 2.24. The van der Waals surface area contributed by atoms with Crippen LogP contribution in [0.25, 0.3) is 16.6 Å². The van der Waals surface area contributed by atoms with Crippen LogP contribution in [0.4, 0.5) is 5.69 Å². The van der Waals surface area contributed by atoms with Crippen LogP contribution in [0.1, 0.15) is 21.7 Å². The van der Waals surface area contributed by atoms with Crippen molar-refractivity contribution in [2.45, 2.75) is 13.8 Å². The highest BCUT2D eigenvalue weighted by molar-refractivity contribution is 9.10. The molecule has 0 atom stereocenters. The number of aromatic nitrogens is 3. The third-order valence-electron chi connectivity index (χ3n) is 4.14. The van der Waals surface area contributed by atoms with Crippen LogP contribution < -0.4 is 5.32 Å². The molecule has 25 heavy (non-hydrogen) atoms. The summed E-state index contributed by atoms with van der Waals surface area (Å²) in [4.78, 5) is 21.9. The number of pyridine rings is 2. The normalized spacial score (nSPS) is 11.2. The molecule has 0 bridgehead atoms. The van der Waals surface area contributed by atoms with Gasteiger partial charge in [-0.1, -0.05) is 18.2 Å². The number of nitrogens with zero attached hydrogens (tertiary/aromatic N) is 3. The molecule has 0 radical (unpaired) electrons. The lowest BCUT2D eigenvalue weighted by atomic mass is 10.2. The van der Waals surface area contributed by atoms with Gasteiger partial charge in [0.1, 0.15) is 11.3 Å². The summed E-state index contributed by atoms with van der Waals surface area (Å²) in [5, 5.41) is 3.96. The molecule has 1 aromatic carbocycles. The summed E-state index contributed by atoms with van der Waals surface area (Å²) in [5.74, 6) is -0.208. The first-order valence-electron chi connectivity index (χ1n) is 7.84. The summed E-state index contributed by atoms with van der Waals surface area (Å²) in [5.41, 5.74) is 4.44. The lowest BCUT2D eigenvalue weighted by molar-refractivity contribution is 0.102. The largest absolute Gasteiger partial charge is 0.319 e. The van der Waals surface area contributed by atoms with Gasteiger partial charge in [-0.2, -0.15) is 0 Å². The van der Waals surface area contributed by atoms with E-state index in [2.05, 4.69) is 31.2 Å². The second-order valence-electron chi connectivity index (χ2n) is 5.92. The van der Waals surface area contributed by atoms with E-state index >= 15 is 0 Å². The summed E-state index contributed by atoms with van der Waals surface area (Å²) in [6, 6.07) is 11.6. The minimum Gasteiger partial charge on any atom is -0.319 e. The van der Waals surface area contributed by atoms with E-state index in [-0.39, 0.29) is 5.91 Å². The number of amides is 1. The Morgan fingerprint density at radius 1 is 1.20 bits per heavy atom. The summed E-state index contributed by atoms with van der Waals surface area (Å²) in [6.07, 6.45) is 3.58. The molecule has 0 spiro atoms. The maximum absolute atomic E-state index is 13.0. The van der Waals surface area contributed by atoms with Crippen molar-refractivity contribution < 1.29 is 4.79 Å². The lowest BCUT2D eigenvalue weighted by Crippen LogP contribution is -2.16. The van der Waals surface area contributed by atoms with E-state index in [0.717, 1.165) is 26.6 Å². The minimum atomic E-state index is -0.208. The Morgan fingerprint density at radius 2 is 2.00 bits per heavy atom.